The van der Waals surface area contributed by atoms with Gasteiger partial charge in [-0.15, -0.1) is 0 Å². The van der Waals surface area contributed by atoms with E-state index >= 15 is 0 Å². The molecule has 0 aromatic heterocycles. The number of para-hydroxylation sites is 1. The van der Waals surface area contributed by atoms with Gasteiger partial charge in [0.15, 0.2) is 11.5 Å². The van der Waals surface area contributed by atoms with Crippen molar-refractivity contribution in [2.24, 2.45) is 0 Å². The standard InChI is InChI=1S/C23H24N2O4/c26-22-23(14-27-19-13-21-20(12-17(19)23)28-15-29-21)16-6-2-3-7-18(16)25(22)11-10-24-8-4-1-5-9-24/h2-3,6-7,12-13H,1,4-5,8-11,14-15H2. The fourth-order valence-electron chi connectivity index (χ4n) is 5.21. The summed E-state index contributed by atoms with van der Waals surface area (Å²) < 4.78 is 17.1. The summed E-state index contributed by atoms with van der Waals surface area (Å²) in [5, 5.41) is 0. The van der Waals surface area contributed by atoms with Gasteiger partial charge in [0.1, 0.15) is 17.8 Å². The van der Waals surface area contributed by atoms with E-state index in [9.17, 15) is 4.79 Å². The summed E-state index contributed by atoms with van der Waals surface area (Å²) in [5.74, 6) is 2.19. The highest BCUT2D eigenvalue weighted by atomic mass is 16.7. The minimum absolute atomic E-state index is 0.105. The van der Waals surface area contributed by atoms with Gasteiger partial charge in [0.05, 0.1) is 0 Å². The Balaban J connectivity index is 1.39. The molecule has 0 saturated carbocycles. The van der Waals surface area contributed by atoms with E-state index in [4.69, 9.17) is 14.2 Å². The molecule has 29 heavy (non-hydrogen) atoms. The number of carbonyl (C=O) groups excluding carboxylic acids is 1. The largest absolute Gasteiger partial charge is 0.491 e. The van der Waals surface area contributed by atoms with E-state index in [2.05, 4.69) is 17.0 Å². The van der Waals surface area contributed by atoms with Crippen LogP contribution in [-0.4, -0.2) is 50.4 Å². The SMILES string of the molecule is O=C1N(CCN2CCCCC2)c2ccccc2C12COc1cc3c(cc12)OCO3. The lowest BCUT2D eigenvalue weighted by atomic mass is 9.77. The third kappa shape index (κ3) is 2.42. The molecule has 4 aliphatic rings. The van der Waals surface area contributed by atoms with Gasteiger partial charge >= 0.3 is 0 Å². The van der Waals surface area contributed by atoms with Gasteiger partial charge in [0.2, 0.25) is 12.7 Å². The molecule has 2 aromatic carbocycles. The van der Waals surface area contributed by atoms with Crippen LogP contribution in [0, 0.1) is 0 Å². The summed E-state index contributed by atoms with van der Waals surface area (Å²) in [7, 11) is 0. The molecular weight excluding hydrogens is 368 g/mol. The topological polar surface area (TPSA) is 51.2 Å². The molecule has 0 radical (unpaired) electrons. The third-order valence-electron chi connectivity index (χ3n) is 6.73. The van der Waals surface area contributed by atoms with Crippen LogP contribution in [0.5, 0.6) is 17.2 Å². The number of piperidine rings is 1. The molecule has 2 aromatic rings. The number of rotatable bonds is 3. The number of ether oxygens (including phenoxy) is 3. The first-order valence-corrected chi connectivity index (χ1v) is 10.5. The maximum atomic E-state index is 13.9. The molecule has 1 unspecified atom stereocenters. The Morgan fingerprint density at radius 3 is 2.52 bits per heavy atom. The maximum Gasteiger partial charge on any atom is 0.245 e. The average Bonchev–Trinajstić information content (AvgIpc) is 3.43. The van der Waals surface area contributed by atoms with Crippen LogP contribution in [0.4, 0.5) is 5.69 Å². The van der Waals surface area contributed by atoms with Crippen molar-refractivity contribution in [3.63, 3.8) is 0 Å². The second-order valence-corrected chi connectivity index (χ2v) is 8.27. The van der Waals surface area contributed by atoms with Gasteiger partial charge < -0.3 is 24.0 Å². The van der Waals surface area contributed by atoms with E-state index in [0.717, 1.165) is 42.2 Å². The molecule has 1 fully saturated rings. The molecular formula is C23H24N2O4. The number of amides is 1. The Kier molecular flexibility index (Phi) is 3.78. The summed E-state index contributed by atoms with van der Waals surface area (Å²) in [4.78, 5) is 18.3. The fourth-order valence-corrected chi connectivity index (χ4v) is 5.21. The van der Waals surface area contributed by atoms with E-state index in [-0.39, 0.29) is 12.7 Å². The number of anilines is 1. The highest BCUT2D eigenvalue weighted by Gasteiger charge is 2.57. The van der Waals surface area contributed by atoms with Crippen molar-refractivity contribution in [3.8, 4) is 17.2 Å². The van der Waals surface area contributed by atoms with Gasteiger partial charge in [-0.05, 0) is 43.6 Å². The van der Waals surface area contributed by atoms with E-state index < -0.39 is 5.41 Å². The van der Waals surface area contributed by atoms with Crippen LogP contribution >= 0.6 is 0 Å². The van der Waals surface area contributed by atoms with Crippen LogP contribution < -0.4 is 19.1 Å². The molecule has 1 spiro atoms. The first kappa shape index (κ1) is 17.2. The minimum Gasteiger partial charge on any atom is -0.491 e. The molecule has 4 aliphatic heterocycles. The van der Waals surface area contributed by atoms with E-state index in [0.29, 0.717) is 24.7 Å². The second-order valence-electron chi connectivity index (χ2n) is 8.27. The number of fused-ring (bicyclic) bond motifs is 5. The molecule has 0 aliphatic carbocycles. The lowest BCUT2D eigenvalue weighted by molar-refractivity contribution is -0.122. The maximum absolute atomic E-state index is 13.9. The molecule has 0 N–H and O–H groups in total. The number of benzene rings is 2. The summed E-state index contributed by atoms with van der Waals surface area (Å²) in [6.45, 7) is 4.40. The van der Waals surface area contributed by atoms with Crippen molar-refractivity contribution in [1.82, 2.24) is 4.90 Å². The molecule has 1 saturated heterocycles. The Labute approximate surface area is 170 Å². The first-order valence-electron chi connectivity index (χ1n) is 10.5. The van der Waals surface area contributed by atoms with Crippen molar-refractivity contribution >= 4 is 11.6 Å². The highest BCUT2D eigenvalue weighted by Crippen LogP contribution is 2.54. The Bertz CT molecular complexity index is 985. The van der Waals surface area contributed by atoms with Gasteiger partial charge in [0, 0.05) is 30.4 Å². The smallest absolute Gasteiger partial charge is 0.245 e. The molecule has 1 atom stereocenters. The van der Waals surface area contributed by atoms with Crippen LogP contribution in [0.1, 0.15) is 30.4 Å². The van der Waals surface area contributed by atoms with Gasteiger partial charge in [0.25, 0.3) is 0 Å². The van der Waals surface area contributed by atoms with E-state index in [1.54, 1.807) is 0 Å². The summed E-state index contributed by atoms with van der Waals surface area (Å²) in [6, 6.07) is 11.9. The van der Waals surface area contributed by atoms with Crippen LogP contribution in [0.3, 0.4) is 0 Å². The summed E-state index contributed by atoms with van der Waals surface area (Å²) in [6.07, 6.45) is 3.82. The molecule has 4 heterocycles. The number of hydrogen-bond donors (Lipinski definition) is 0. The zero-order chi connectivity index (χ0) is 19.4. The van der Waals surface area contributed by atoms with Crippen LogP contribution in [-0.2, 0) is 10.2 Å². The van der Waals surface area contributed by atoms with Crippen LogP contribution in [0.25, 0.3) is 0 Å². The summed E-state index contributed by atoms with van der Waals surface area (Å²) in [5.41, 5.74) is 2.12. The predicted octanol–water partition coefficient (Wildman–Crippen LogP) is 2.93. The average molecular weight is 392 g/mol. The predicted molar refractivity (Wildman–Crippen MR) is 108 cm³/mol. The Hall–Kier alpha value is -2.73. The van der Waals surface area contributed by atoms with Gasteiger partial charge in [-0.3, -0.25) is 4.79 Å². The molecule has 6 rings (SSSR count). The van der Waals surface area contributed by atoms with Crippen molar-refractivity contribution in [2.75, 3.05) is 44.5 Å². The fraction of sp³-hybridized carbons (Fsp3) is 0.435. The summed E-state index contributed by atoms with van der Waals surface area (Å²) >= 11 is 0. The number of hydrogen-bond acceptors (Lipinski definition) is 5. The number of nitrogens with zero attached hydrogens (tertiary/aromatic N) is 2. The lowest BCUT2D eigenvalue weighted by Gasteiger charge is -2.29. The molecule has 150 valence electrons. The van der Waals surface area contributed by atoms with Crippen LogP contribution in [0.15, 0.2) is 36.4 Å². The number of carbonyl (C=O) groups is 1. The molecule has 0 bridgehead atoms. The van der Waals surface area contributed by atoms with Crippen molar-refractivity contribution < 1.29 is 19.0 Å². The third-order valence-corrected chi connectivity index (χ3v) is 6.73. The number of likely N-dealkylation sites (tertiary alicyclic amines) is 1. The first-order chi connectivity index (χ1) is 14.3. The van der Waals surface area contributed by atoms with Crippen LogP contribution in [0.2, 0.25) is 0 Å². The second kappa shape index (κ2) is 6.39. The molecule has 6 nitrogen and oxygen atoms in total. The quantitative estimate of drug-likeness (QED) is 0.804. The molecule has 6 heteroatoms. The van der Waals surface area contributed by atoms with Crippen molar-refractivity contribution in [2.45, 2.75) is 24.7 Å². The normalized spacial score (nSPS) is 24.7. The minimum atomic E-state index is -0.797. The Morgan fingerprint density at radius 1 is 0.862 bits per heavy atom. The Morgan fingerprint density at radius 2 is 1.66 bits per heavy atom. The monoisotopic (exact) mass is 392 g/mol. The zero-order valence-corrected chi connectivity index (χ0v) is 16.4. The van der Waals surface area contributed by atoms with E-state index in [1.807, 2.05) is 29.2 Å². The highest BCUT2D eigenvalue weighted by molar-refractivity contribution is 6.11. The van der Waals surface area contributed by atoms with Crippen molar-refractivity contribution in [3.05, 3.63) is 47.5 Å². The van der Waals surface area contributed by atoms with Gasteiger partial charge in [-0.2, -0.15) is 0 Å². The lowest BCUT2D eigenvalue weighted by Crippen LogP contribution is -2.45. The van der Waals surface area contributed by atoms with Gasteiger partial charge in [-0.1, -0.05) is 24.6 Å². The van der Waals surface area contributed by atoms with E-state index in [1.165, 1.54) is 19.3 Å². The van der Waals surface area contributed by atoms with Gasteiger partial charge in [-0.25, -0.2) is 0 Å². The molecule has 1 amide bonds. The zero-order valence-electron chi connectivity index (χ0n) is 16.4. The van der Waals surface area contributed by atoms with Crippen molar-refractivity contribution in [1.29, 1.82) is 0 Å².